The summed E-state index contributed by atoms with van der Waals surface area (Å²) in [4.78, 5) is 26.6. The van der Waals surface area contributed by atoms with Gasteiger partial charge in [-0.05, 0) is 37.5 Å². The number of benzene rings is 1. The smallest absolute Gasteiger partial charge is 0.406 e. The van der Waals surface area contributed by atoms with Crippen molar-refractivity contribution >= 4 is 11.8 Å². The molecule has 1 saturated carbocycles. The average molecular weight is 384 g/mol. The average Bonchev–Trinajstić information content (AvgIpc) is 3.23. The predicted octanol–water partition coefficient (Wildman–Crippen LogP) is 3.55. The molecule has 5 nitrogen and oxygen atoms in total. The Morgan fingerprint density at radius 2 is 1.85 bits per heavy atom. The molecule has 2 fully saturated rings. The third kappa shape index (κ3) is 4.93. The molecule has 1 heterocycles. The summed E-state index contributed by atoms with van der Waals surface area (Å²) in [6, 6.07) is 5.27. The molecule has 148 valence electrons. The molecule has 1 aliphatic carbocycles. The largest absolute Gasteiger partial charge is 0.573 e. The van der Waals surface area contributed by atoms with Crippen LogP contribution in [0.3, 0.4) is 0 Å². The maximum atomic E-state index is 12.5. The van der Waals surface area contributed by atoms with Gasteiger partial charge in [-0.3, -0.25) is 9.59 Å². The van der Waals surface area contributed by atoms with Crippen LogP contribution >= 0.6 is 0 Å². The van der Waals surface area contributed by atoms with Crippen molar-refractivity contribution in [2.24, 2.45) is 5.92 Å². The van der Waals surface area contributed by atoms with Gasteiger partial charge in [0, 0.05) is 19.0 Å². The summed E-state index contributed by atoms with van der Waals surface area (Å²) in [5.74, 6) is -0.859. The molecule has 1 aromatic carbocycles. The van der Waals surface area contributed by atoms with E-state index in [9.17, 15) is 22.8 Å². The fourth-order valence-electron chi connectivity index (χ4n) is 3.85. The highest BCUT2D eigenvalue weighted by molar-refractivity contribution is 5.89. The lowest BCUT2D eigenvalue weighted by Gasteiger charge is -2.24. The Balaban J connectivity index is 1.55. The highest BCUT2D eigenvalue weighted by atomic mass is 19.4. The second-order valence-electron chi connectivity index (χ2n) is 7.23. The number of alkyl halides is 3. The van der Waals surface area contributed by atoms with Crippen LogP contribution in [0.15, 0.2) is 24.3 Å². The van der Waals surface area contributed by atoms with E-state index in [1.165, 1.54) is 24.3 Å². The van der Waals surface area contributed by atoms with Crippen molar-refractivity contribution in [3.63, 3.8) is 0 Å². The van der Waals surface area contributed by atoms with Crippen LogP contribution in [-0.4, -0.2) is 35.7 Å². The molecule has 8 heteroatoms. The molecule has 3 rings (SSSR count). The van der Waals surface area contributed by atoms with Crippen molar-refractivity contribution in [2.45, 2.75) is 57.5 Å². The van der Waals surface area contributed by atoms with Gasteiger partial charge in [0.2, 0.25) is 11.8 Å². The van der Waals surface area contributed by atoms with Crippen LogP contribution in [0.5, 0.6) is 5.75 Å². The Hall–Kier alpha value is -2.25. The SMILES string of the molecule is CC(NC(=O)C1CC(=O)N(C2CCCC2)C1)c1ccc(OC(F)(F)F)cc1. The molecule has 1 aromatic rings. The summed E-state index contributed by atoms with van der Waals surface area (Å²) in [5, 5.41) is 2.86. The predicted molar refractivity (Wildman–Crippen MR) is 91.8 cm³/mol. The molecule has 0 aromatic heterocycles. The minimum atomic E-state index is -4.73. The van der Waals surface area contributed by atoms with Gasteiger partial charge in [0.25, 0.3) is 0 Å². The van der Waals surface area contributed by atoms with E-state index in [1.54, 1.807) is 6.92 Å². The Bertz CT molecular complexity index is 684. The van der Waals surface area contributed by atoms with Crippen molar-refractivity contribution in [2.75, 3.05) is 6.54 Å². The second kappa shape index (κ2) is 7.78. The van der Waals surface area contributed by atoms with E-state index in [-0.39, 0.29) is 42.0 Å². The summed E-state index contributed by atoms with van der Waals surface area (Å²) < 4.78 is 40.5. The van der Waals surface area contributed by atoms with E-state index in [0.29, 0.717) is 12.1 Å². The fraction of sp³-hybridized carbons (Fsp3) is 0.579. The monoisotopic (exact) mass is 384 g/mol. The van der Waals surface area contributed by atoms with Crippen LogP contribution in [0.2, 0.25) is 0 Å². The maximum Gasteiger partial charge on any atom is 0.573 e. The van der Waals surface area contributed by atoms with Crippen molar-refractivity contribution in [1.82, 2.24) is 10.2 Å². The number of rotatable bonds is 5. The number of halogens is 3. The Kier molecular flexibility index (Phi) is 5.62. The lowest BCUT2D eigenvalue weighted by Crippen LogP contribution is -2.37. The van der Waals surface area contributed by atoms with E-state index in [1.807, 2.05) is 4.90 Å². The number of nitrogens with one attached hydrogen (secondary N) is 1. The lowest BCUT2D eigenvalue weighted by atomic mass is 10.0. The molecule has 2 amide bonds. The summed E-state index contributed by atoms with van der Waals surface area (Å²) in [7, 11) is 0. The highest BCUT2D eigenvalue weighted by Crippen LogP contribution is 2.30. The summed E-state index contributed by atoms with van der Waals surface area (Å²) >= 11 is 0. The zero-order chi connectivity index (χ0) is 19.6. The first-order chi connectivity index (χ1) is 12.7. The van der Waals surface area contributed by atoms with Crippen LogP contribution in [0.25, 0.3) is 0 Å². The zero-order valence-corrected chi connectivity index (χ0v) is 15.1. The van der Waals surface area contributed by atoms with Crippen molar-refractivity contribution in [3.05, 3.63) is 29.8 Å². The summed E-state index contributed by atoms with van der Waals surface area (Å²) in [6.45, 7) is 2.20. The van der Waals surface area contributed by atoms with Crippen LogP contribution in [0, 0.1) is 5.92 Å². The molecule has 1 N–H and O–H groups in total. The number of likely N-dealkylation sites (tertiary alicyclic amines) is 1. The first-order valence-electron chi connectivity index (χ1n) is 9.18. The van der Waals surface area contributed by atoms with Crippen molar-refractivity contribution < 1.29 is 27.5 Å². The number of carbonyl (C=O) groups excluding carboxylic acids is 2. The molecule has 27 heavy (non-hydrogen) atoms. The third-order valence-electron chi connectivity index (χ3n) is 5.27. The van der Waals surface area contributed by atoms with Gasteiger partial charge in [0.15, 0.2) is 0 Å². The number of hydrogen-bond donors (Lipinski definition) is 1. The van der Waals surface area contributed by atoms with Crippen LogP contribution in [0.1, 0.15) is 50.6 Å². The van der Waals surface area contributed by atoms with Crippen LogP contribution < -0.4 is 10.1 Å². The van der Waals surface area contributed by atoms with E-state index in [4.69, 9.17) is 0 Å². The standard InChI is InChI=1S/C19H23F3N2O3/c1-12(13-6-8-16(9-7-13)27-19(20,21)22)23-18(26)14-10-17(25)24(11-14)15-4-2-3-5-15/h6-9,12,14-15H,2-5,10-11H2,1H3,(H,23,26). The zero-order valence-electron chi connectivity index (χ0n) is 15.1. The molecule has 0 spiro atoms. The molecule has 0 bridgehead atoms. The summed E-state index contributed by atoms with van der Waals surface area (Å²) in [5.41, 5.74) is 0.662. The number of ether oxygens (including phenoxy) is 1. The van der Waals surface area contributed by atoms with Crippen molar-refractivity contribution in [1.29, 1.82) is 0 Å². The Labute approximate surface area is 155 Å². The number of amides is 2. The number of nitrogens with zero attached hydrogens (tertiary/aromatic N) is 1. The molecular weight excluding hydrogens is 361 g/mol. The van der Waals surface area contributed by atoms with Gasteiger partial charge in [0.05, 0.1) is 12.0 Å². The minimum Gasteiger partial charge on any atom is -0.406 e. The van der Waals surface area contributed by atoms with Gasteiger partial charge in [0.1, 0.15) is 5.75 Å². The molecular formula is C19H23F3N2O3. The maximum absolute atomic E-state index is 12.5. The van der Waals surface area contributed by atoms with Crippen LogP contribution in [-0.2, 0) is 9.59 Å². The first kappa shape index (κ1) is 19.5. The van der Waals surface area contributed by atoms with Gasteiger partial charge in [-0.15, -0.1) is 13.2 Å². The molecule has 2 unspecified atom stereocenters. The minimum absolute atomic E-state index is 0.0309. The van der Waals surface area contributed by atoms with Gasteiger partial charge in [-0.2, -0.15) is 0 Å². The third-order valence-corrected chi connectivity index (χ3v) is 5.27. The van der Waals surface area contributed by atoms with E-state index >= 15 is 0 Å². The van der Waals surface area contributed by atoms with E-state index < -0.39 is 6.36 Å². The lowest BCUT2D eigenvalue weighted by molar-refractivity contribution is -0.274. The topological polar surface area (TPSA) is 58.6 Å². The van der Waals surface area contributed by atoms with Gasteiger partial charge >= 0.3 is 6.36 Å². The second-order valence-corrected chi connectivity index (χ2v) is 7.23. The Morgan fingerprint density at radius 3 is 2.44 bits per heavy atom. The molecule has 1 aliphatic heterocycles. The highest BCUT2D eigenvalue weighted by Gasteiger charge is 2.39. The van der Waals surface area contributed by atoms with Gasteiger partial charge in [-0.25, -0.2) is 0 Å². The van der Waals surface area contributed by atoms with Gasteiger partial charge < -0.3 is 15.0 Å². The molecule has 2 aliphatic rings. The van der Waals surface area contributed by atoms with Crippen LogP contribution in [0.4, 0.5) is 13.2 Å². The van der Waals surface area contributed by atoms with E-state index in [0.717, 1.165) is 25.7 Å². The molecule has 2 atom stereocenters. The first-order valence-corrected chi connectivity index (χ1v) is 9.18. The van der Waals surface area contributed by atoms with Gasteiger partial charge in [-0.1, -0.05) is 25.0 Å². The number of hydrogen-bond acceptors (Lipinski definition) is 3. The van der Waals surface area contributed by atoms with E-state index in [2.05, 4.69) is 10.1 Å². The molecule has 0 radical (unpaired) electrons. The molecule has 1 saturated heterocycles. The summed E-state index contributed by atoms with van der Waals surface area (Å²) in [6.07, 6.45) is -0.270. The Morgan fingerprint density at radius 1 is 1.22 bits per heavy atom. The van der Waals surface area contributed by atoms with Crippen molar-refractivity contribution in [3.8, 4) is 5.75 Å². The fourth-order valence-corrected chi connectivity index (χ4v) is 3.85. The normalized spacial score (nSPS) is 22.1. The number of carbonyl (C=O) groups is 2. The quantitative estimate of drug-likeness (QED) is 0.845.